The van der Waals surface area contributed by atoms with E-state index in [4.69, 9.17) is 4.74 Å². The predicted octanol–water partition coefficient (Wildman–Crippen LogP) is 1.83. The number of nitrogens with zero attached hydrogens (tertiary/aromatic N) is 1. The normalized spacial score (nSPS) is 20.8. The summed E-state index contributed by atoms with van der Waals surface area (Å²) in [6.07, 6.45) is 2.39. The average Bonchev–Trinajstić information content (AvgIpc) is 3.24. The molecule has 0 spiro atoms. The molecule has 3 amide bonds. The van der Waals surface area contributed by atoms with Crippen molar-refractivity contribution < 1.29 is 29.0 Å². The van der Waals surface area contributed by atoms with Crippen LogP contribution in [0.5, 0.6) is 0 Å². The van der Waals surface area contributed by atoms with Gasteiger partial charge in [0, 0.05) is 12.2 Å². The van der Waals surface area contributed by atoms with Crippen molar-refractivity contribution in [2.24, 2.45) is 0 Å². The number of imide groups is 1. The minimum atomic E-state index is -1.41. The number of fused-ring (bicyclic) bond motifs is 1. The number of carbonyl (C=O) groups is 4. The van der Waals surface area contributed by atoms with Crippen molar-refractivity contribution in [3.63, 3.8) is 0 Å². The van der Waals surface area contributed by atoms with E-state index < -0.39 is 29.2 Å². The molecule has 2 N–H and O–H groups in total. The van der Waals surface area contributed by atoms with Gasteiger partial charge in [-0.15, -0.1) is 0 Å². The van der Waals surface area contributed by atoms with Gasteiger partial charge in [-0.05, 0) is 44.4 Å². The average molecular weight is 388 g/mol. The van der Waals surface area contributed by atoms with Gasteiger partial charge in [0.15, 0.2) is 0 Å². The van der Waals surface area contributed by atoms with Crippen molar-refractivity contribution in [1.82, 2.24) is 10.2 Å². The second kappa shape index (κ2) is 7.71. The van der Waals surface area contributed by atoms with Gasteiger partial charge in [-0.25, -0.2) is 4.79 Å². The lowest BCUT2D eigenvalue weighted by molar-refractivity contribution is -0.144. The first-order valence-electron chi connectivity index (χ1n) is 9.44. The molecule has 0 aliphatic carbocycles. The molecular formula is C20H24N2O6. The fourth-order valence-electron chi connectivity index (χ4n) is 3.64. The second-order valence-corrected chi connectivity index (χ2v) is 7.46. The van der Waals surface area contributed by atoms with Gasteiger partial charge in [-0.1, -0.05) is 13.3 Å². The number of hydrogen-bond acceptors (Lipinski definition) is 5. The first kappa shape index (κ1) is 20.0. The van der Waals surface area contributed by atoms with Crippen molar-refractivity contribution in [3.05, 3.63) is 34.9 Å². The molecule has 8 heteroatoms. The Morgan fingerprint density at radius 1 is 1.29 bits per heavy atom. The number of rotatable bonds is 7. The molecular weight excluding hydrogens is 364 g/mol. The Morgan fingerprint density at radius 3 is 2.61 bits per heavy atom. The summed E-state index contributed by atoms with van der Waals surface area (Å²) >= 11 is 0. The molecule has 8 nitrogen and oxygen atoms in total. The Balaban J connectivity index is 1.80. The maximum Gasteiger partial charge on any atom is 0.329 e. The van der Waals surface area contributed by atoms with E-state index in [1.54, 1.807) is 0 Å². The van der Waals surface area contributed by atoms with Crippen LogP contribution in [0.15, 0.2) is 18.2 Å². The standard InChI is InChI=1S/C20H24N2O6/c1-3-8-20(2,19(26)27)21-16(23)12-6-7-14-15(10-12)18(25)22(17(14)24)11-13-5-4-9-28-13/h6-7,10,13H,3-5,8-9,11H2,1-2H3,(H,21,23)(H,26,27). The monoisotopic (exact) mass is 388 g/mol. The smallest absolute Gasteiger partial charge is 0.329 e. The van der Waals surface area contributed by atoms with Crippen LogP contribution in [0.25, 0.3) is 0 Å². The number of carboxylic acids is 1. The van der Waals surface area contributed by atoms with Gasteiger partial charge < -0.3 is 15.2 Å². The Morgan fingerprint density at radius 2 is 2.00 bits per heavy atom. The molecule has 2 aliphatic heterocycles. The molecule has 2 aliphatic rings. The van der Waals surface area contributed by atoms with E-state index in [2.05, 4.69) is 5.32 Å². The number of carbonyl (C=O) groups excluding carboxylic acids is 3. The van der Waals surface area contributed by atoms with Gasteiger partial charge in [-0.3, -0.25) is 19.3 Å². The van der Waals surface area contributed by atoms with E-state index in [1.807, 2.05) is 6.92 Å². The number of aliphatic carboxylic acids is 1. The lowest BCUT2D eigenvalue weighted by Crippen LogP contribution is -2.52. The number of amides is 3. The van der Waals surface area contributed by atoms with Gasteiger partial charge in [0.05, 0.1) is 23.8 Å². The van der Waals surface area contributed by atoms with Crippen LogP contribution >= 0.6 is 0 Å². The summed E-state index contributed by atoms with van der Waals surface area (Å²) in [6, 6.07) is 4.23. The lowest BCUT2D eigenvalue weighted by atomic mass is 9.95. The number of ether oxygens (including phenoxy) is 1. The molecule has 0 radical (unpaired) electrons. The summed E-state index contributed by atoms with van der Waals surface area (Å²) in [5, 5.41) is 12.0. The van der Waals surface area contributed by atoms with Gasteiger partial charge in [0.1, 0.15) is 5.54 Å². The maximum atomic E-state index is 12.7. The number of nitrogens with one attached hydrogen (secondary N) is 1. The molecule has 28 heavy (non-hydrogen) atoms. The number of carboxylic acid groups (broad SMARTS) is 1. The summed E-state index contributed by atoms with van der Waals surface area (Å²) in [4.78, 5) is 50.5. The van der Waals surface area contributed by atoms with E-state index in [0.717, 1.165) is 17.7 Å². The Hall–Kier alpha value is -2.74. The first-order chi connectivity index (χ1) is 13.3. The molecule has 0 bridgehead atoms. The lowest BCUT2D eigenvalue weighted by Gasteiger charge is -2.25. The van der Waals surface area contributed by atoms with Crippen molar-refractivity contribution in [1.29, 1.82) is 0 Å². The van der Waals surface area contributed by atoms with Crippen LogP contribution in [-0.4, -0.2) is 58.5 Å². The third-order valence-corrected chi connectivity index (χ3v) is 5.25. The second-order valence-electron chi connectivity index (χ2n) is 7.46. The van der Waals surface area contributed by atoms with Crippen LogP contribution in [0.1, 0.15) is 70.6 Å². The third-order valence-electron chi connectivity index (χ3n) is 5.25. The highest BCUT2D eigenvalue weighted by atomic mass is 16.5. The van der Waals surface area contributed by atoms with Gasteiger partial charge in [-0.2, -0.15) is 0 Å². The van der Waals surface area contributed by atoms with E-state index in [9.17, 15) is 24.3 Å². The minimum Gasteiger partial charge on any atom is -0.480 e. The molecule has 2 heterocycles. The highest BCUT2D eigenvalue weighted by Crippen LogP contribution is 2.26. The van der Waals surface area contributed by atoms with Crippen LogP contribution in [0.4, 0.5) is 0 Å². The number of hydrogen-bond donors (Lipinski definition) is 2. The van der Waals surface area contributed by atoms with Crippen LogP contribution in [0, 0.1) is 0 Å². The summed E-state index contributed by atoms with van der Waals surface area (Å²) in [7, 11) is 0. The predicted molar refractivity (Wildman–Crippen MR) is 99.2 cm³/mol. The maximum absolute atomic E-state index is 12.7. The van der Waals surface area contributed by atoms with E-state index in [1.165, 1.54) is 25.1 Å². The molecule has 2 unspecified atom stereocenters. The molecule has 3 rings (SSSR count). The van der Waals surface area contributed by atoms with Crippen LogP contribution < -0.4 is 5.32 Å². The van der Waals surface area contributed by atoms with E-state index in [-0.39, 0.29) is 35.8 Å². The minimum absolute atomic E-state index is 0.141. The third kappa shape index (κ3) is 3.64. The largest absolute Gasteiger partial charge is 0.480 e. The fraction of sp³-hybridized carbons (Fsp3) is 0.500. The summed E-state index contributed by atoms with van der Waals surface area (Å²) in [5.74, 6) is -2.58. The molecule has 1 aromatic carbocycles. The van der Waals surface area contributed by atoms with Crippen LogP contribution in [0.2, 0.25) is 0 Å². The zero-order valence-electron chi connectivity index (χ0n) is 16.0. The van der Waals surface area contributed by atoms with Gasteiger partial charge in [0.25, 0.3) is 17.7 Å². The summed E-state index contributed by atoms with van der Waals surface area (Å²) in [5.41, 5.74) is -0.865. The molecule has 1 saturated heterocycles. The number of benzene rings is 1. The highest BCUT2D eigenvalue weighted by molar-refractivity contribution is 6.22. The molecule has 1 fully saturated rings. The first-order valence-corrected chi connectivity index (χ1v) is 9.44. The molecule has 0 aromatic heterocycles. The molecule has 150 valence electrons. The fourth-order valence-corrected chi connectivity index (χ4v) is 3.64. The van der Waals surface area contributed by atoms with Crippen molar-refractivity contribution in [3.8, 4) is 0 Å². The van der Waals surface area contributed by atoms with Crippen LogP contribution in [-0.2, 0) is 9.53 Å². The molecule has 1 aromatic rings. The van der Waals surface area contributed by atoms with Crippen LogP contribution in [0.3, 0.4) is 0 Å². The van der Waals surface area contributed by atoms with Crippen molar-refractivity contribution in [2.45, 2.75) is 51.2 Å². The Kier molecular flexibility index (Phi) is 5.51. The topological polar surface area (TPSA) is 113 Å². The summed E-state index contributed by atoms with van der Waals surface area (Å²) < 4.78 is 5.51. The summed E-state index contributed by atoms with van der Waals surface area (Å²) in [6.45, 7) is 4.09. The van der Waals surface area contributed by atoms with Crippen molar-refractivity contribution in [2.75, 3.05) is 13.2 Å². The van der Waals surface area contributed by atoms with E-state index in [0.29, 0.717) is 13.0 Å². The Bertz CT molecular complexity index is 830. The molecule has 0 saturated carbocycles. The van der Waals surface area contributed by atoms with E-state index >= 15 is 0 Å². The zero-order chi connectivity index (χ0) is 20.5. The zero-order valence-corrected chi connectivity index (χ0v) is 16.0. The van der Waals surface area contributed by atoms with Gasteiger partial charge in [0.2, 0.25) is 0 Å². The van der Waals surface area contributed by atoms with Crippen molar-refractivity contribution >= 4 is 23.7 Å². The van der Waals surface area contributed by atoms with Gasteiger partial charge >= 0.3 is 5.97 Å². The quantitative estimate of drug-likeness (QED) is 0.689. The highest BCUT2D eigenvalue weighted by Gasteiger charge is 2.39. The Labute approximate surface area is 162 Å². The SMILES string of the molecule is CCCC(C)(NC(=O)c1ccc2c(c1)C(=O)N(CC1CCCO1)C2=O)C(=O)O. The molecule has 2 atom stereocenters.